The van der Waals surface area contributed by atoms with E-state index < -0.39 is 0 Å². The van der Waals surface area contributed by atoms with E-state index in [-0.39, 0.29) is 11.9 Å². The minimum Gasteiger partial charge on any atom is -0.493 e. The van der Waals surface area contributed by atoms with Gasteiger partial charge < -0.3 is 14.8 Å². The molecule has 3 nitrogen and oxygen atoms in total. The van der Waals surface area contributed by atoms with Crippen molar-refractivity contribution in [2.45, 2.75) is 44.8 Å². The first-order chi connectivity index (χ1) is 9.70. The molecule has 1 aromatic carbocycles. The zero-order valence-electron chi connectivity index (χ0n) is 12.3. The van der Waals surface area contributed by atoms with Crippen molar-refractivity contribution in [2.24, 2.45) is 0 Å². The molecule has 2 unspecified atom stereocenters. The van der Waals surface area contributed by atoms with E-state index in [0.717, 1.165) is 30.8 Å². The summed E-state index contributed by atoms with van der Waals surface area (Å²) in [4.78, 5) is 0. The van der Waals surface area contributed by atoms with E-state index >= 15 is 0 Å². The molecule has 20 heavy (non-hydrogen) atoms. The number of ether oxygens (including phenoxy) is 2. The molecule has 4 heteroatoms. The molecule has 2 rings (SSSR count). The average molecular weight is 281 g/mol. The molecule has 0 saturated carbocycles. The van der Waals surface area contributed by atoms with Gasteiger partial charge in [-0.3, -0.25) is 0 Å². The van der Waals surface area contributed by atoms with Gasteiger partial charge in [-0.05, 0) is 57.9 Å². The topological polar surface area (TPSA) is 30.5 Å². The van der Waals surface area contributed by atoms with Crippen molar-refractivity contribution in [3.63, 3.8) is 0 Å². The normalized spacial score (nSPS) is 20.1. The Balaban J connectivity index is 1.84. The van der Waals surface area contributed by atoms with Crippen LogP contribution in [0.4, 0.5) is 4.39 Å². The lowest BCUT2D eigenvalue weighted by Crippen LogP contribution is -2.14. The lowest BCUT2D eigenvalue weighted by atomic mass is 10.1. The van der Waals surface area contributed by atoms with Crippen LogP contribution in [-0.2, 0) is 4.74 Å². The number of rotatable bonds is 7. The summed E-state index contributed by atoms with van der Waals surface area (Å²) in [5, 5.41) is 3.12. The molecule has 1 aliphatic heterocycles. The van der Waals surface area contributed by atoms with E-state index in [1.807, 2.05) is 14.0 Å². The minimum absolute atomic E-state index is 0.0684. The molecule has 0 aliphatic carbocycles. The number of hydrogen-bond donors (Lipinski definition) is 1. The lowest BCUT2D eigenvalue weighted by Gasteiger charge is -2.17. The number of nitrogens with one attached hydrogen (secondary N) is 1. The van der Waals surface area contributed by atoms with Crippen molar-refractivity contribution in [1.29, 1.82) is 0 Å². The highest BCUT2D eigenvalue weighted by molar-refractivity contribution is 5.36. The van der Waals surface area contributed by atoms with Gasteiger partial charge in [0.15, 0.2) is 0 Å². The third kappa shape index (κ3) is 4.18. The molecule has 0 aromatic heterocycles. The number of benzene rings is 1. The van der Waals surface area contributed by atoms with E-state index in [2.05, 4.69) is 5.32 Å². The van der Waals surface area contributed by atoms with Gasteiger partial charge in [-0.25, -0.2) is 4.39 Å². The maximum atomic E-state index is 13.3. The highest BCUT2D eigenvalue weighted by Crippen LogP contribution is 2.26. The Morgan fingerprint density at radius 1 is 1.50 bits per heavy atom. The van der Waals surface area contributed by atoms with Gasteiger partial charge in [-0.2, -0.15) is 0 Å². The molecular formula is C16H24FNO2. The van der Waals surface area contributed by atoms with E-state index in [4.69, 9.17) is 9.47 Å². The van der Waals surface area contributed by atoms with Crippen molar-refractivity contribution < 1.29 is 13.9 Å². The smallest absolute Gasteiger partial charge is 0.124 e. The molecule has 0 radical (unpaired) electrons. The van der Waals surface area contributed by atoms with Gasteiger partial charge in [-0.1, -0.05) is 0 Å². The third-order valence-electron chi connectivity index (χ3n) is 3.82. The molecular weight excluding hydrogens is 257 g/mol. The Bertz CT molecular complexity index is 419. The van der Waals surface area contributed by atoms with Crippen LogP contribution in [0.15, 0.2) is 18.2 Å². The van der Waals surface area contributed by atoms with Crippen LogP contribution in [0.1, 0.15) is 44.2 Å². The zero-order chi connectivity index (χ0) is 14.4. The zero-order valence-corrected chi connectivity index (χ0v) is 12.3. The third-order valence-corrected chi connectivity index (χ3v) is 3.82. The van der Waals surface area contributed by atoms with Gasteiger partial charge in [0.1, 0.15) is 11.6 Å². The molecule has 1 aromatic rings. The Morgan fingerprint density at radius 3 is 3.05 bits per heavy atom. The Kier molecular flexibility index (Phi) is 5.80. The van der Waals surface area contributed by atoms with Crippen LogP contribution in [0.2, 0.25) is 0 Å². The Hall–Kier alpha value is -1.13. The molecule has 1 aliphatic rings. The van der Waals surface area contributed by atoms with E-state index in [1.54, 1.807) is 6.07 Å². The second-order valence-corrected chi connectivity index (χ2v) is 5.32. The van der Waals surface area contributed by atoms with Gasteiger partial charge in [-0.15, -0.1) is 0 Å². The molecule has 1 saturated heterocycles. The molecule has 1 N–H and O–H groups in total. The van der Waals surface area contributed by atoms with Gasteiger partial charge in [0.25, 0.3) is 0 Å². The Morgan fingerprint density at radius 2 is 2.35 bits per heavy atom. The predicted molar refractivity (Wildman–Crippen MR) is 77.6 cm³/mol. The van der Waals surface area contributed by atoms with Gasteiger partial charge >= 0.3 is 0 Å². The summed E-state index contributed by atoms with van der Waals surface area (Å²) < 4.78 is 24.7. The van der Waals surface area contributed by atoms with Crippen LogP contribution < -0.4 is 10.1 Å². The summed E-state index contributed by atoms with van der Waals surface area (Å²) in [6.45, 7) is 3.54. The van der Waals surface area contributed by atoms with Crippen molar-refractivity contribution in [2.75, 3.05) is 20.3 Å². The molecule has 1 fully saturated rings. The fraction of sp³-hybridized carbons (Fsp3) is 0.625. The molecule has 0 amide bonds. The maximum absolute atomic E-state index is 13.3. The second-order valence-electron chi connectivity index (χ2n) is 5.32. The Labute approximate surface area is 120 Å². The van der Waals surface area contributed by atoms with Crippen molar-refractivity contribution in [3.05, 3.63) is 29.6 Å². The van der Waals surface area contributed by atoms with Gasteiger partial charge in [0.05, 0.1) is 12.7 Å². The standard InChI is InChI=1S/C16H24FNO2/c1-12(18-2)15-11-13(17)7-8-16(15)20-10-4-6-14-5-3-9-19-14/h7-8,11-12,14,18H,3-6,9-10H2,1-2H3. The molecule has 112 valence electrons. The molecule has 2 atom stereocenters. The van der Waals surface area contributed by atoms with Crippen molar-refractivity contribution in [1.82, 2.24) is 5.32 Å². The number of halogens is 1. The summed E-state index contributed by atoms with van der Waals surface area (Å²) in [5.74, 6) is 0.536. The maximum Gasteiger partial charge on any atom is 0.124 e. The summed E-state index contributed by atoms with van der Waals surface area (Å²) in [6.07, 6.45) is 4.75. The van der Waals surface area contributed by atoms with Crippen LogP contribution in [-0.4, -0.2) is 26.4 Å². The minimum atomic E-state index is -0.228. The van der Waals surface area contributed by atoms with Gasteiger partial charge in [0.2, 0.25) is 0 Å². The van der Waals surface area contributed by atoms with Crippen LogP contribution in [0.25, 0.3) is 0 Å². The van der Waals surface area contributed by atoms with E-state index in [9.17, 15) is 4.39 Å². The fourth-order valence-electron chi connectivity index (χ4n) is 2.51. The summed E-state index contributed by atoms with van der Waals surface area (Å²) >= 11 is 0. The van der Waals surface area contributed by atoms with Crippen LogP contribution in [0.5, 0.6) is 5.75 Å². The summed E-state index contributed by atoms with van der Waals surface area (Å²) in [5.41, 5.74) is 0.865. The average Bonchev–Trinajstić information content (AvgIpc) is 2.97. The molecule has 0 bridgehead atoms. The quantitative estimate of drug-likeness (QED) is 0.777. The second kappa shape index (κ2) is 7.60. The number of hydrogen-bond acceptors (Lipinski definition) is 3. The van der Waals surface area contributed by atoms with Gasteiger partial charge in [0, 0.05) is 18.2 Å². The highest BCUT2D eigenvalue weighted by Gasteiger charge is 2.15. The van der Waals surface area contributed by atoms with Crippen molar-refractivity contribution in [3.8, 4) is 5.75 Å². The highest BCUT2D eigenvalue weighted by atomic mass is 19.1. The fourth-order valence-corrected chi connectivity index (χ4v) is 2.51. The summed E-state index contributed by atoms with van der Waals surface area (Å²) in [6, 6.07) is 4.77. The van der Waals surface area contributed by atoms with Crippen LogP contribution in [0, 0.1) is 5.82 Å². The SMILES string of the molecule is CNC(C)c1cc(F)ccc1OCCCC1CCCO1. The van der Waals surface area contributed by atoms with Crippen LogP contribution in [0.3, 0.4) is 0 Å². The first kappa shape index (κ1) is 15.3. The van der Waals surface area contributed by atoms with Crippen LogP contribution >= 0.6 is 0 Å². The first-order valence-corrected chi connectivity index (χ1v) is 7.42. The van der Waals surface area contributed by atoms with E-state index in [1.165, 1.54) is 25.0 Å². The molecule has 1 heterocycles. The largest absolute Gasteiger partial charge is 0.493 e. The monoisotopic (exact) mass is 281 g/mol. The summed E-state index contributed by atoms with van der Waals surface area (Å²) in [7, 11) is 1.86. The van der Waals surface area contributed by atoms with E-state index in [0.29, 0.717) is 12.7 Å². The first-order valence-electron chi connectivity index (χ1n) is 7.42. The van der Waals surface area contributed by atoms with Crippen molar-refractivity contribution >= 4 is 0 Å². The predicted octanol–water partition coefficient (Wildman–Crippen LogP) is 3.44. The molecule has 0 spiro atoms. The lowest BCUT2D eigenvalue weighted by molar-refractivity contribution is 0.0980.